The molecule has 9 heteroatoms. The predicted octanol–water partition coefficient (Wildman–Crippen LogP) is 4.79. The van der Waals surface area contributed by atoms with E-state index in [1.807, 2.05) is 59.4 Å². The summed E-state index contributed by atoms with van der Waals surface area (Å²) in [5, 5.41) is 3.84. The summed E-state index contributed by atoms with van der Waals surface area (Å²) in [4.78, 5) is 35.0. The Morgan fingerprint density at radius 3 is 2.47 bits per heavy atom. The average Bonchev–Trinajstić information content (AvgIpc) is 3.48. The highest BCUT2D eigenvalue weighted by Crippen LogP contribution is 2.32. The van der Waals surface area contributed by atoms with Gasteiger partial charge < -0.3 is 9.30 Å². The number of esters is 1. The molecule has 0 aliphatic carbocycles. The molecule has 0 fully saturated rings. The molecule has 7 nitrogen and oxygen atoms in total. The number of hydrogen-bond donors (Lipinski definition) is 1. The second-order valence-corrected chi connectivity index (χ2v) is 8.22. The highest BCUT2D eigenvalue weighted by atomic mass is 32.1. The van der Waals surface area contributed by atoms with Crippen molar-refractivity contribution in [1.82, 2.24) is 14.5 Å². The number of nitrogens with zero attached hydrogens (tertiary/aromatic N) is 3. The number of rotatable bonds is 6. The van der Waals surface area contributed by atoms with E-state index in [0.717, 1.165) is 16.9 Å². The van der Waals surface area contributed by atoms with Gasteiger partial charge in [0.2, 0.25) is 0 Å². The number of carbonyl (C=O) groups is 2. The molecule has 0 aliphatic heterocycles. The van der Waals surface area contributed by atoms with E-state index < -0.39 is 5.97 Å². The zero-order valence-corrected chi connectivity index (χ0v) is 17.9. The highest BCUT2D eigenvalue weighted by molar-refractivity contribution is 7.18. The molecule has 3 heterocycles. The normalized spacial score (nSPS) is 10.7. The summed E-state index contributed by atoms with van der Waals surface area (Å²) in [5.74, 6) is -0.764. The fourth-order valence-electron chi connectivity index (χ4n) is 2.82. The maximum absolute atomic E-state index is 13.1. The molecule has 0 atom stereocenters. The molecule has 4 rings (SSSR count). The number of nitrogens with one attached hydrogen (secondary N) is 1. The van der Waals surface area contributed by atoms with Gasteiger partial charge in [-0.25, -0.2) is 14.8 Å². The minimum Gasteiger partial charge on any atom is -0.462 e. The van der Waals surface area contributed by atoms with Crippen LogP contribution in [-0.2, 0) is 4.74 Å². The van der Waals surface area contributed by atoms with Crippen LogP contribution in [0.15, 0.2) is 54.9 Å². The molecule has 0 saturated heterocycles. The lowest BCUT2D eigenvalue weighted by Crippen LogP contribution is -2.11. The molecule has 0 spiro atoms. The standard InChI is InChI=1S/C21H18N4O3S2/c1-3-28-19(27)16-13(2)22-20(29-16)24-18(26)17-15(14-9-5-4-6-10-14)23-21(30-17)25-11-7-8-12-25/h4-12H,3H2,1-2H3,(H,22,24,26). The van der Waals surface area contributed by atoms with Crippen LogP contribution in [0.25, 0.3) is 16.4 Å². The van der Waals surface area contributed by atoms with Gasteiger partial charge in [0, 0.05) is 18.0 Å². The number of thiazole rings is 2. The number of aromatic nitrogens is 3. The first-order chi connectivity index (χ1) is 14.6. The quantitative estimate of drug-likeness (QED) is 0.437. The number of benzene rings is 1. The summed E-state index contributed by atoms with van der Waals surface area (Å²) in [6, 6.07) is 13.4. The SMILES string of the molecule is CCOC(=O)c1sc(NC(=O)c2sc(-n3cccc3)nc2-c2ccccc2)nc1C. The lowest BCUT2D eigenvalue weighted by molar-refractivity contribution is 0.0531. The van der Waals surface area contributed by atoms with Crippen molar-refractivity contribution in [2.75, 3.05) is 11.9 Å². The smallest absolute Gasteiger partial charge is 0.350 e. The molecule has 1 N–H and O–H groups in total. The van der Waals surface area contributed by atoms with Crippen molar-refractivity contribution in [2.24, 2.45) is 0 Å². The molecule has 0 radical (unpaired) electrons. The van der Waals surface area contributed by atoms with Gasteiger partial charge in [-0.15, -0.1) is 0 Å². The molecule has 0 bridgehead atoms. The minimum absolute atomic E-state index is 0.279. The second-order valence-electron chi connectivity index (χ2n) is 6.24. The maximum atomic E-state index is 13.1. The van der Waals surface area contributed by atoms with Crippen molar-refractivity contribution >= 4 is 39.7 Å². The lowest BCUT2D eigenvalue weighted by Gasteiger charge is -2.02. The first-order valence-electron chi connectivity index (χ1n) is 9.22. The van der Waals surface area contributed by atoms with Crippen LogP contribution in [0.5, 0.6) is 0 Å². The topological polar surface area (TPSA) is 86.1 Å². The van der Waals surface area contributed by atoms with E-state index >= 15 is 0 Å². The van der Waals surface area contributed by atoms with Crippen LogP contribution in [-0.4, -0.2) is 33.0 Å². The summed E-state index contributed by atoms with van der Waals surface area (Å²) in [6.45, 7) is 3.74. The lowest BCUT2D eigenvalue weighted by atomic mass is 10.1. The summed E-state index contributed by atoms with van der Waals surface area (Å²) in [5.41, 5.74) is 1.97. The number of carbonyl (C=O) groups excluding carboxylic acids is 2. The van der Waals surface area contributed by atoms with Gasteiger partial charge in [-0.1, -0.05) is 53.0 Å². The Morgan fingerprint density at radius 2 is 1.77 bits per heavy atom. The molecule has 3 aromatic heterocycles. The molecule has 1 amide bonds. The third kappa shape index (κ3) is 4.03. The van der Waals surface area contributed by atoms with Crippen molar-refractivity contribution in [1.29, 1.82) is 0 Å². The van der Waals surface area contributed by atoms with E-state index in [2.05, 4.69) is 10.3 Å². The fourth-order valence-corrected chi connectivity index (χ4v) is 4.62. The molecule has 0 unspecified atom stereocenters. The highest BCUT2D eigenvalue weighted by Gasteiger charge is 2.23. The fraction of sp³-hybridized carbons (Fsp3) is 0.143. The van der Waals surface area contributed by atoms with Crippen LogP contribution in [0.2, 0.25) is 0 Å². The van der Waals surface area contributed by atoms with Gasteiger partial charge in [-0.2, -0.15) is 0 Å². The summed E-state index contributed by atoms with van der Waals surface area (Å²) in [7, 11) is 0. The average molecular weight is 439 g/mol. The second kappa shape index (κ2) is 8.60. The molecule has 0 saturated carbocycles. The number of aryl methyl sites for hydroxylation is 1. The van der Waals surface area contributed by atoms with Gasteiger partial charge in [-0.05, 0) is 26.0 Å². The summed E-state index contributed by atoms with van der Waals surface area (Å²) in [6.07, 6.45) is 3.76. The van der Waals surface area contributed by atoms with Crippen LogP contribution in [0.3, 0.4) is 0 Å². The summed E-state index contributed by atoms with van der Waals surface area (Å²) >= 11 is 2.39. The maximum Gasteiger partial charge on any atom is 0.350 e. The number of hydrogen-bond acceptors (Lipinski definition) is 7. The third-order valence-corrected chi connectivity index (χ3v) is 6.29. The van der Waals surface area contributed by atoms with Gasteiger partial charge in [0.1, 0.15) is 9.75 Å². The van der Waals surface area contributed by atoms with Crippen LogP contribution in [0.1, 0.15) is 32.0 Å². The first-order valence-corrected chi connectivity index (χ1v) is 10.9. The zero-order valence-electron chi connectivity index (χ0n) is 16.3. The number of anilines is 1. The summed E-state index contributed by atoms with van der Waals surface area (Å²) < 4.78 is 6.90. The van der Waals surface area contributed by atoms with E-state index in [0.29, 0.717) is 31.4 Å². The van der Waals surface area contributed by atoms with Gasteiger partial charge in [0.05, 0.1) is 18.0 Å². The van der Waals surface area contributed by atoms with Gasteiger partial charge in [0.15, 0.2) is 10.3 Å². The number of ether oxygens (including phenoxy) is 1. The molecule has 30 heavy (non-hydrogen) atoms. The van der Waals surface area contributed by atoms with Gasteiger partial charge in [-0.3, -0.25) is 10.1 Å². The van der Waals surface area contributed by atoms with Crippen LogP contribution in [0.4, 0.5) is 5.13 Å². The van der Waals surface area contributed by atoms with Gasteiger partial charge >= 0.3 is 5.97 Å². The van der Waals surface area contributed by atoms with Crippen LogP contribution in [0, 0.1) is 6.92 Å². The van der Waals surface area contributed by atoms with E-state index in [1.165, 1.54) is 11.3 Å². The van der Waals surface area contributed by atoms with E-state index in [4.69, 9.17) is 9.72 Å². The number of amides is 1. The van der Waals surface area contributed by atoms with Crippen molar-refractivity contribution in [2.45, 2.75) is 13.8 Å². The zero-order chi connectivity index (χ0) is 21.1. The first kappa shape index (κ1) is 20.0. The Balaban J connectivity index is 1.67. The molecular formula is C21H18N4O3S2. The monoisotopic (exact) mass is 438 g/mol. The molecule has 152 valence electrons. The van der Waals surface area contributed by atoms with Crippen molar-refractivity contribution in [3.8, 4) is 16.4 Å². The Kier molecular flexibility index (Phi) is 5.73. The van der Waals surface area contributed by atoms with Crippen molar-refractivity contribution in [3.63, 3.8) is 0 Å². The predicted molar refractivity (Wildman–Crippen MR) is 118 cm³/mol. The largest absolute Gasteiger partial charge is 0.462 e. The Labute approximate surface area is 181 Å². The molecule has 1 aromatic carbocycles. The van der Waals surface area contributed by atoms with Crippen molar-refractivity contribution < 1.29 is 14.3 Å². The van der Waals surface area contributed by atoms with E-state index in [1.54, 1.807) is 13.8 Å². The Bertz CT molecular complexity index is 1180. The van der Waals surface area contributed by atoms with E-state index in [-0.39, 0.29) is 12.5 Å². The Morgan fingerprint density at radius 1 is 1.03 bits per heavy atom. The van der Waals surface area contributed by atoms with Crippen LogP contribution < -0.4 is 5.32 Å². The Hall–Kier alpha value is -3.30. The van der Waals surface area contributed by atoms with Gasteiger partial charge in [0.25, 0.3) is 5.91 Å². The molecular weight excluding hydrogens is 420 g/mol. The molecule has 0 aliphatic rings. The van der Waals surface area contributed by atoms with E-state index in [9.17, 15) is 9.59 Å². The minimum atomic E-state index is -0.439. The van der Waals surface area contributed by atoms with Crippen molar-refractivity contribution in [3.05, 3.63) is 70.3 Å². The molecule has 4 aromatic rings. The third-order valence-electron chi connectivity index (χ3n) is 4.17. The van der Waals surface area contributed by atoms with Crippen LogP contribution >= 0.6 is 22.7 Å².